The van der Waals surface area contributed by atoms with Crippen molar-refractivity contribution in [2.75, 3.05) is 6.54 Å². The third kappa shape index (κ3) is 7.94. The first kappa shape index (κ1) is 28.0. The number of phenolic OH excluding ortho intramolecular Hbond substituents is 1. The van der Waals surface area contributed by atoms with Crippen molar-refractivity contribution in [1.29, 1.82) is 0 Å². The van der Waals surface area contributed by atoms with Crippen LogP contribution in [-0.4, -0.2) is 86.5 Å². The number of carboxylic acid groups (broad SMARTS) is 2. The molecule has 0 aromatic heterocycles. The van der Waals surface area contributed by atoms with Gasteiger partial charge in [0.25, 0.3) is 0 Å². The van der Waals surface area contributed by atoms with Crippen LogP contribution in [0.3, 0.4) is 0 Å². The van der Waals surface area contributed by atoms with Gasteiger partial charge in [-0.1, -0.05) is 12.1 Å². The first-order valence-corrected chi connectivity index (χ1v) is 11.1. The maximum atomic E-state index is 13.1. The number of aromatic hydroxyl groups is 1. The Balaban J connectivity index is 2.22. The molecule has 4 atom stereocenters. The lowest BCUT2D eigenvalue weighted by Gasteiger charge is -2.28. The minimum Gasteiger partial charge on any atom is -0.508 e. The fourth-order valence-electron chi connectivity index (χ4n) is 3.81. The van der Waals surface area contributed by atoms with E-state index in [2.05, 4.69) is 10.6 Å². The molecular weight excluding hydrogens is 478 g/mol. The first-order valence-electron chi connectivity index (χ1n) is 11.1. The van der Waals surface area contributed by atoms with Crippen LogP contribution < -0.4 is 22.1 Å². The second-order valence-electron chi connectivity index (χ2n) is 8.40. The molecule has 4 amide bonds. The quantitative estimate of drug-likeness (QED) is 0.159. The van der Waals surface area contributed by atoms with Crippen LogP contribution in [0.2, 0.25) is 0 Å². The van der Waals surface area contributed by atoms with Crippen molar-refractivity contribution in [2.24, 2.45) is 11.5 Å². The summed E-state index contributed by atoms with van der Waals surface area (Å²) < 4.78 is 0. The second kappa shape index (κ2) is 12.5. The van der Waals surface area contributed by atoms with Gasteiger partial charge in [0.05, 0.1) is 18.9 Å². The number of primary amides is 1. The van der Waals surface area contributed by atoms with Gasteiger partial charge in [0.15, 0.2) is 0 Å². The van der Waals surface area contributed by atoms with E-state index in [9.17, 15) is 39.0 Å². The van der Waals surface area contributed by atoms with Gasteiger partial charge in [-0.05, 0) is 30.5 Å². The lowest BCUT2D eigenvalue weighted by molar-refractivity contribution is -0.145. The minimum absolute atomic E-state index is 0.0333. The van der Waals surface area contributed by atoms with Crippen molar-refractivity contribution >= 4 is 35.6 Å². The van der Waals surface area contributed by atoms with E-state index in [-0.39, 0.29) is 25.1 Å². The smallest absolute Gasteiger partial charge is 0.326 e. The molecule has 9 N–H and O–H groups in total. The van der Waals surface area contributed by atoms with Crippen molar-refractivity contribution in [3.8, 4) is 5.75 Å². The van der Waals surface area contributed by atoms with Crippen LogP contribution in [0.1, 0.15) is 31.2 Å². The SMILES string of the molecule is NC(=O)CC(NC(=O)C(Cc1ccc(O)cc1)NC(=O)C1CCCN1C(=O)C(N)CC(=O)O)C(=O)O. The number of hydrogen-bond donors (Lipinski definition) is 7. The van der Waals surface area contributed by atoms with Gasteiger partial charge in [0.2, 0.25) is 23.6 Å². The number of nitrogens with two attached hydrogens (primary N) is 2. The Morgan fingerprint density at radius 2 is 1.64 bits per heavy atom. The van der Waals surface area contributed by atoms with E-state index in [4.69, 9.17) is 16.6 Å². The highest BCUT2D eigenvalue weighted by atomic mass is 16.4. The number of carbonyl (C=O) groups is 6. The largest absolute Gasteiger partial charge is 0.508 e. The fourth-order valence-corrected chi connectivity index (χ4v) is 3.81. The molecular formula is C22H29N5O9. The Morgan fingerprint density at radius 3 is 2.19 bits per heavy atom. The van der Waals surface area contributed by atoms with Gasteiger partial charge in [-0.15, -0.1) is 0 Å². The zero-order valence-electron chi connectivity index (χ0n) is 19.3. The van der Waals surface area contributed by atoms with Gasteiger partial charge in [0.1, 0.15) is 23.9 Å². The van der Waals surface area contributed by atoms with Crippen LogP contribution >= 0.6 is 0 Å². The Bertz CT molecular complexity index is 1010. The van der Waals surface area contributed by atoms with Crippen molar-refractivity contribution in [2.45, 2.75) is 56.3 Å². The topological polar surface area (TPSA) is 242 Å². The van der Waals surface area contributed by atoms with E-state index in [1.165, 1.54) is 24.3 Å². The van der Waals surface area contributed by atoms with Crippen LogP contribution in [0, 0.1) is 0 Å². The van der Waals surface area contributed by atoms with Gasteiger partial charge in [-0.25, -0.2) is 4.79 Å². The predicted octanol–water partition coefficient (Wildman–Crippen LogP) is -2.34. The van der Waals surface area contributed by atoms with E-state index in [1.54, 1.807) is 0 Å². The van der Waals surface area contributed by atoms with E-state index in [1.807, 2.05) is 0 Å². The van der Waals surface area contributed by atoms with E-state index in [0.29, 0.717) is 12.0 Å². The van der Waals surface area contributed by atoms with Crippen molar-refractivity contribution in [3.63, 3.8) is 0 Å². The molecule has 1 saturated heterocycles. The maximum Gasteiger partial charge on any atom is 0.326 e. The highest BCUT2D eigenvalue weighted by Gasteiger charge is 2.38. The molecule has 0 radical (unpaired) electrons. The highest BCUT2D eigenvalue weighted by Crippen LogP contribution is 2.20. The Morgan fingerprint density at radius 1 is 1.00 bits per heavy atom. The molecule has 0 aliphatic carbocycles. The van der Waals surface area contributed by atoms with Gasteiger partial charge in [-0.2, -0.15) is 0 Å². The normalized spacial score (nSPS) is 17.5. The number of nitrogens with one attached hydrogen (secondary N) is 2. The number of aliphatic carboxylic acids is 2. The lowest BCUT2D eigenvalue weighted by atomic mass is 10.0. The van der Waals surface area contributed by atoms with Crippen LogP contribution in [-0.2, 0) is 35.2 Å². The molecule has 1 fully saturated rings. The fraction of sp³-hybridized carbons (Fsp3) is 0.455. The summed E-state index contributed by atoms with van der Waals surface area (Å²) in [7, 11) is 0. The summed E-state index contributed by atoms with van der Waals surface area (Å²) in [4.78, 5) is 73.3. The van der Waals surface area contributed by atoms with Gasteiger partial charge in [-0.3, -0.25) is 24.0 Å². The van der Waals surface area contributed by atoms with Crippen LogP contribution in [0.5, 0.6) is 5.75 Å². The third-order valence-electron chi connectivity index (χ3n) is 5.58. The van der Waals surface area contributed by atoms with Crippen LogP contribution in [0.25, 0.3) is 0 Å². The van der Waals surface area contributed by atoms with Gasteiger partial charge in [0, 0.05) is 13.0 Å². The average Bonchev–Trinajstić information content (AvgIpc) is 3.28. The molecule has 1 aromatic rings. The van der Waals surface area contributed by atoms with Gasteiger partial charge < -0.3 is 42.3 Å². The number of amides is 4. The number of hydrogen-bond acceptors (Lipinski definition) is 8. The molecule has 196 valence electrons. The summed E-state index contributed by atoms with van der Waals surface area (Å²) in [5.41, 5.74) is 11.2. The molecule has 14 heteroatoms. The number of benzene rings is 1. The van der Waals surface area contributed by atoms with E-state index < -0.39 is 72.6 Å². The summed E-state index contributed by atoms with van der Waals surface area (Å²) in [6.07, 6.45) is -0.720. The molecule has 0 spiro atoms. The van der Waals surface area contributed by atoms with Crippen molar-refractivity contribution < 1.29 is 44.1 Å². The Labute approximate surface area is 205 Å². The number of likely N-dealkylation sites (tertiary alicyclic amines) is 1. The molecule has 1 aliphatic heterocycles. The zero-order chi connectivity index (χ0) is 27.0. The number of nitrogens with zero attached hydrogens (tertiary/aromatic N) is 1. The molecule has 0 saturated carbocycles. The maximum absolute atomic E-state index is 13.1. The minimum atomic E-state index is -1.63. The lowest BCUT2D eigenvalue weighted by Crippen LogP contribution is -2.57. The molecule has 14 nitrogen and oxygen atoms in total. The first-order chi connectivity index (χ1) is 16.9. The number of phenols is 1. The molecule has 4 unspecified atom stereocenters. The molecule has 0 bridgehead atoms. The third-order valence-corrected chi connectivity index (χ3v) is 5.58. The summed E-state index contributed by atoms with van der Waals surface area (Å²) >= 11 is 0. The monoisotopic (exact) mass is 507 g/mol. The molecule has 2 rings (SSSR count). The van der Waals surface area contributed by atoms with Crippen LogP contribution in [0.15, 0.2) is 24.3 Å². The highest BCUT2D eigenvalue weighted by molar-refractivity contribution is 5.95. The summed E-state index contributed by atoms with van der Waals surface area (Å²) in [6, 6.07) is 0.396. The second-order valence-corrected chi connectivity index (χ2v) is 8.40. The Hall–Kier alpha value is -4.20. The summed E-state index contributed by atoms with van der Waals surface area (Å²) in [5.74, 6) is -6.12. The number of carbonyl (C=O) groups excluding carboxylic acids is 4. The van der Waals surface area contributed by atoms with Crippen molar-refractivity contribution in [1.82, 2.24) is 15.5 Å². The van der Waals surface area contributed by atoms with E-state index >= 15 is 0 Å². The average molecular weight is 508 g/mol. The zero-order valence-corrected chi connectivity index (χ0v) is 19.3. The molecule has 1 aliphatic rings. The number of rotatable bonds is 12. The Kier molecular flexibility index (Phi) is 9.73. The standard InChI is InChI=1S/C22H29N5O9/c23-13(9-18(30)31)21(34)27-7-1-2-16(27)20(33)25-14(8-11-3-5-12(28)6-4-11)19(32)26-15(22(35)36)10-17(24)29/h3-6,13-16,28H,1-2,7-10,23H2,(H2,24,29)(H,25,33)(H,26,32)(H,30,31)(H,35,36). The van der Waals surface area contributed by atoms with Gasteiger partial charge >= 0.3 is 11.9 Å². The summed E-state index contributed by atoms with van der Waals surface area (Å²) in [6.45, 7) is 0.165. The van der Waals surface area contributed by atoms with E-state index in [0.717, 1.165) is 4.90 Å². The van der Waals surface area contributed by atoms with Crippen molar-refractivity contribution in [3.05, 3.63) is 29.8 Å². The molecule has 36 heavy (non-hydrogen) atoms. The summed E-state index contributed by atoms with van der Waals surface area (Å²) in [5, 5.41) is 32.4. The van der Waals surface area contributed by atoms with Crippen LogP contribution in [0.4, 0.5) is 0 Å². The molecule has 1 heterocycles. The predicted molar refractivity (Wildman–Crippen MR) is 122 cm³/mol. The number of carboxylic acids is 2. The molecule has 1 aromatic carbocycles.